The van der Waals surface area contributed by atoms with E-state index < -0.39 is 12.6 Å². The number of hydrogen-bond donors (Lipinski definition) is 5. The first-order chi connectivity index (χ1) is 11.4. The van der Waals surface area contributed by atoms with E-state index in [1.807, 2.05) is 0 Å². The van der Waals surface area contributed by atoms with Gasteiger partial charge in [-0.3, -0.25) is 0 Å². The fraction of sp³-hybridized carbons (Fsp3) is 0.867. The van der Waals surface area contributed by atoms with Crippen LogP contribution in [0.4, 0.5) is 0 Å². The zero-order chi connectivity index (χ0) is 18.8. The Kier molecular flexibility index (Phi) is 19.4. The molecule has 4 atom stereocenters. The Morgan fingerprint density at radius 1 is 0.917 bits per heavy atom. The quantitative estimate of drug-likeness (QED) is 0.382. The van der Waals surface area contributed by atoms with Gasteiger partial charge in [-0.05, 0) is 19.8 Å². The summed E-state index contributed by atoms with van der Waals surface area (Å²) in [5.74, 6) is 0. The Morgan fingerprint density at radius 3 is 1.42 bits per heavy atom. The first-order valence-electron chi connectivity index (χ1n) is 7.80. The van der Waals surface area contributed by atoms with Crippen molar-refractivity contribution < 1.29 is 44.6 Å². The number of aliphatic hydroxyl groups is 5. The molecule has 144 valence electrons. The molecule has 0 aromatic carbocycles. The number of hydrogen-bond acceptors (Lipinski definition) is 9. The molecule has 0 aromatic heterocycles. The molecule has 2 aliphatic rings. The van der Waals surface area contributed by atoms with Gasteiger partial charge in [0.1, 0.15) is 12.6 Å². The second-order valence-electron chi connectivity index (χ2n) is 4.92. The van der Waals surface area contributed by atoms with Crippen molar-refractivity contribution in [1.82, 2.24) is 0 Å². The summed E-state index contributed by atoms with van der Waals surface area (Å²) in [5, 5.41) is 42.9. The van der Waals surface area contributed by atoms with E-state index in [1.165, 1.54) is 6.92 Å². The van der Waals surface area contributed by atoms with Gasteiger partial charge in [0, 0.05) is 25.9 Å². The lowest BCUT2D eigenvalue weighted by Gasteiger charge is -2.21. The minimum Gasteiger partial charge on any atom is -0.396 e. The van der Waals surface area contributed by atoms with Gasteiger partial charge in [0.15, 0.2) is 12.6 Å². The van der Waals surface area contributed by atoms with Crippen molar-refractivity contribution in [3.63, 3.8) is 0 Å². The summed E-state index contributed by atoms with van der Waals surface area (Å²) in [6.07, 6.45) is 1.52. The molecular formula is C15H30O9. The molecule has 2 aliphatic heterocycles. The molecule has 2 saturated heterocycles. The third-order valence-electron chi connectivity index (χ3n) is 2.72. The van der Waals surface area contributed by atoms with Crippen LogP contribution < -0.4 is 0 Å². The molecule has 0 saturated carbocycles. The minimum absolute atomic E-state index is 0.0243. The summed E-state index contributed by atoms with van der Waals surface area (Å²) < 4.78 is 9.49. The highest BCUT2D eigenvalue weighted by atomic mass is 16.6. The van der Waals surface area contributed by atoms with Crippen LogP contribution in [-0.4, -0.2) is 82.7 Å². The summed E-state index contributed by atoms with van der Waals surface area (Å²) in [7, 11) is 0. The van der Waals surface area contributed by atoms with E-state index in [0.29, 0.717) is 45.2 Å². The summed E-state index contributed by atoms with van der Waals surface area (Å²) in [4.78, 5) is 18.1. The Morgan fingerprint density at radius 2 is 1.29 bits per heavy atom. The van der Waals surface area contributed by atoms with Crippen molar-refractivity contribution in [3.8, 4) is 0 Å². The highest BCUT2D eigenvalue weighted by Crippen LogP contribution is 2.10. The van der Waals surface area contributed by atoms with Crippen molar-refractivity contribution in [3.05, 3.63) is 0 Å². The van der Waals surface area contributed by atoms with Gasteiger partial charge in [-0.15, -0.1) is 0 Å². The molecule has 9 nitrogen and oxygen atoms in total. The van der Waals surface area contributed by atoms with Crippen LogP contribution in [0.3, 0.4) is 0 Å². The van der Waals surface area contributed by atoms with Crippen molar-refractivity contribution in [2.75, 3.05) is 19.8 Å². The van der Waals surface area contributed by atoms with E-state index in [0.717, 1.165) is 6.29 Å². The van der Waals surface area contributed by atoms with Crippen molar-refractivity contribution in [2.45, 2.75) is 63.8 Å². The molecule has 0 radical (unpaired) electrons. The molecule has 0 aromatic rings. The fourth-order valence-electron chi connectivity index (χ4n) is 1.57. The highest BCUT2D eigenvalue weighted by Gasteiger charge is 2.17. The smallest absolute Gasteiger partial charge is 0.156 e. The number of aliphatic hydroxyl groups excluding tert-OH is 5. The highest BCUT2D eigenvalue weighted by molar-refractivity contribution is 5.49. The summed E-state index contributed by atoms with van der Waals surface area (Å²) in [6, 6.07) is 0. The van der Waals surface area contributed by atoms with E-state index in [9.17, 15) is 4.79 Å². The van der Waals surface area contributed by atoms with E-state index in [2.05, 4.69) is 0 Å². The second kappa shape index (κ2) is 18.4. The zero-order valence-corrected chi connectivity index (χ0v) is 14.0. The molecule has 0 amide bonds. The number of rotatable bonds is 2. The van der Waals surface area contributed by atoms with Crippen LogP contribution in [0, 0.1) is 0 Å². The van der Waals surface area contributed by atoms with Gasteiger partial charge in [0.25, 0.3) is 0 Å². The first-order valence-corrected chi connectivity index (χ1v) is 7.80. The molecule has 5 N–H and O–H groups in total. The lowest BCUT2D eigenvalue weighted by atomic mass is 10.1. The number of carbonyl (C=O) groups excluding carboxylic acids is 2. The molecule has 9 heteroatoms. The van der Waals surface area contributed by atoms with Crippen LogP contribution in [0.1, 0.15) is 39.0 Å². The van der Waals surface area contributed by atoms with Crippen LogP contribution in [-0.2, 0) is 19.1 Å². The molecule has 2 rings (SSSR count). The normalized spacial score (nSPS) is 28.6. The summed E-state index contributed by atoms with van der Waals surface area (Å²) in [6.45, 7) is 2.37. The van der Waals surface area contributed by atoms with Crippen LogP contribution >= 0.6 is 0 Å². The topological polar surface area (TPSA) is 154 Å². The van der Waals surface area contributed by atoms with Gasteiger partial charge in [-0.1, -0.05) is 0 Å². The number of ether oxygens (including phenoxy) is 2. The molecule has 0 aliphatic carbocycles. The monoisotopic (exact) mass is 354 g/mol. The average molecular weight is 354 g/mol. The van der Waals surface area contributed by atoms with Gasteiger partial charge in [-0.25, -0.2) is 0 Å². The molecule has 2 heterocycles. The molecule has 0 unspecified atom stereocenters. The molecule has 0 bridgehead atoms. The third kappa shape index (κ3) is 19.1. The van der Waals surface area contributed by atoms with E-state index in [1.54, 1.807) is 0 Å². The van der Waals surface area contributed by atoms with Gasteiger partial charge in [-0.2, -0.15) is 0 Å². The zero-order valence-electron chi connectivity index (χ0n) is 14.0. The predicted octanol–water partition coefficient (Wildman–Crippen LogP) is -1.27. The predicted molar refractivity (Wildman–Crippen MR) is 83.9 cm³/mol. The number of aldehydes is 2. The maximum Gasteiger partial charge on any atom is 0.156 e. The van der Waals surface area contributed by atoms with Crippen LogP contribution in [0.15, 0.2) is 0 Å². The van der Waals surface area contributed by atoms with E-state index >= 15 is 0 Å². The van der Waals surface area contributed by atoms with E-state index in [4.69, 9.17) is 39.8 Å². The Balaban J connectivity index is 0. The lowest BCUT2D eigenvalue weighted by Crippen LogP contribution is -2.28. The van der Waals surface area contributed by atoms with Gasteiger partial charge in [0.2, 0.25) is 0 Å². The minimum atomic E-state index is -0.737. The van der Waals surface area contributed by atoms with Gasteiger partial charge >= 0.3 is 0 Å². The SMILES string of the molecule is CC=O.O=CCCO.O[C@@H]1CCO[C@@H](O)C1.O[C@@H]1CCO[C@H](O)C1. The standard InChI is InChI=1S/2C5H10O3.C3H6O2.C2H4O/c2*6-4-1-2-8-5(7)3-4;4-2-1-3-5;1-2-3/h2*4-7H,1-3H2;2,5H,1,3H2;2H,1H3/t4-,5+;4-,5-;;/m11../s1. The Bertz CT molecular complexity index is 252. The van der Waals surface area contributed by atoms with Crippen LogP contribution in [0.5, 0.6) is 0 Å². The summed E-state index contributed by atoms with van der Waals surface area (Å²) >= 11 is 0. The van der Waals surface area contributed by atoms with Gasteiger partial charge in [0.05, 0.1) is 25.4 Å². The fourth-order valence-corrected chi connectivity index (χ4v) is 1.57. The maximum atomic E-state index is 9.24. The third-order valence-corrected chi connectivity index (χ3v) is 2.72. The van der Waals surface area contributed by atoms with Crippen molar-refractivity contribution in [2.24, 2.45) is 0 Å². The summed E-state index contributed by atoms with van der Waals surface area (Å²) in [5.41, 5.74) is 0. The van der Waals surface area contributed by atoms with Crippen LogP contribution in [0.2, 0.25) is 0 Å². The Hall–Kier alpha value is -0.940. The average Bonchev–Trinajstić information content (AvgIpc) is 2.49. The largest absolute Gasteiger partial charge is 0.396 e. The second-order valence-corrected chi connectivity index (χ2v) is 4.92. The van der Waals surface area contributed by atoms with Crippen molar-refractivity contribution in [1.29, 1.82) is 0 Å². The molecule has 0 spiro atoms. The van der Waals surface area contributed by atoms with E-state index in [-0.39, 0.29) is 25.2 Å². The molecule has 24 heavy (non-hydrogen) atoms. The van der Waals surface area contributed by atoms with Crippen molar-refractivity contribution >= 4 is 12.6 Å². The van der Waals surface area contributed by atoms with Crippen LogP contribution in [0.25, 0.3) is 0 Å². The lowest BCUT2D eigenvalue weighted by molar-refractivity contribution is -0.152. The maximum absolute atomic E-state index is 9.24. The number of carbonyl (C=O) groups is 2. The van der Waals surface area contributed by atoms with Gasteiger partial charge < -0.3 is 44.6 Å². The molecular weight excluding hydrogens is 324 g/mol. The first kappa shape index (κ1) is 25.3. The Labute approximate surface area is 141 Å². The molecule has 2 fully saturated rings.